The number of nitrogens with one attached hydrogen (secondary N) is 2. The highest BCUT2D eigenvalue weighted by Gasteiger charge is 2.40. The normalized spacial score (nSPS) is 25.1. The van der Waals surface area contributed by atoms with Crippen molar-refractivity contribution >= 4 is 27.6 Å². The number of anilines is 1. The molecule has 1 saturated carbocycles. The largest absolute Gasteiger partial charge is 0.371 e. The quantitative estimate of drug-likeness (QED) is 0.758. The van der Waals surface area contributed by atoms with E-state index in [1.807, 2.05) is 6.07 Å². The maximum atomic E-state index is 12.3. The van der Waals surface area contributed by atoms with Crippen molar-refractivity contribution in [3.05, 3.63) is 28.7 Å². The molecule has 2 amide bonds. The number of rotatable bonds is 4. The van der Waals surface area contributed by atoms with Gasteiger partial charge in [0.25, 0.3) is 0 Å². The Morgan fingerprint density at radius 1 is 1.22 bits per heavy atom. The second-order valence-corrected chi connectivity index (χ2v) is 8.73. The van der Waals surface area contributed by atoms with Gasteiger partial charge in [-0.2, -0.15) is 0 Å². The molecule has 1 aromatic carbocycles. The molecule has 6 nitrogen and oxygen atoms in total. The summed E-state index contributed by atoms with van der Waals surface area (Å²) in [4.78, 5) is 14.7. The Morgan fingerprint density at radius 2 is 2.00 bits per heavy atom. The first-order valence-electron chi connectivity index (χ1n) is 9.95. The fourth-order valence-corrected chi connectivity index (χ4v) is 4.75. The first-order valence-corrected chi connectivity index (χ1v) is 10.7. The Hall–Kier alpha value is -1.31. The minimum atomic E-state index is -0.367. The van der Waals surface area contributed by atoms with Crippen molar-refractivity contribution < 1.29 is 14.3 Å². The van der Waals surface area contributed by atoms with Gasteiger partial charge in [0.2, 0.25) is 0 Å². The molecule has 0 radical (unpaired) electrons. The number of hydrogen-bond donors (Lipinski definition) is 2. The molecule has 0 bridgehead atoms. The monoisotopic (exact) mass is 437 g/mol. The average Bonchev–Trinajstić information content (AvgIpc) is 3.32. The molecular weight excluding hydrogens is 410 g/mol. The number of carbonyl (C=O) groups excluding carboxylic acids is 1. The number of nitrogens with zero attached hydrogens (tertiary/aromatic N) is 1. The average molecular weight is 438 g/mol. The van der Waals surface area contributed by atoms with Crippen LogP contribution in [0, 0.1) is 5.92 Å². The third kappa shape index (κ3) is 4.76. The van der Waals surface area contributed by atoms with Crippen LogP contribution in [0.15, 0.2) is 28.7 Å². The smallest absolute Gasteiger partial charge is 0.315 e. The fourth-order valence-electron chi connectivity index (χ4n) is 4.37. The number of ether oxygens (including phenoxy) is 2. The summed E-state index contributed by atoms with van der Waals surface area (Å²) in [5.41, 5.74) is 1.24. The van der Waals surface area contributed by atoms with E-state index in [0.717, 1.165) is 56.2 Å². The van der Waals surface area contributed by atoms with E-state index in [0.29, 0.717) is 19.1 Å². The lowest BCUT2D eigenvalue weighted by Gasteiger charge is -2.35. The highest BCUT2D eigenvalue weighted by molar-refractivity contribution is 9.10. The number of carbonyl (C=O) groups is 1. The van der Waals surface area contributed by atoms with Crippen molar-refractivity contribution in [1.82, 2.24) is 10.6 Å². The van der Waals surface area contributed by atoms with Crippen molar-refractivity contribution in [1.29, 1.82) is 0 Å². The molecular formula is C20H28BrN3O3. The van der Waals surface area contributed by atoms with Gasteiger partial charge in [0.15, 0.2) is 5.79 Å². The van der Waals surface area contributed by atoms with Crippen LogP contribution in [-0.4, -0.2) is 50.7 Å². The Balaban J connectivity index is 1.17. The standard InChI is InChI=1S/C20H28BrN3O3/c21-16-2-1-3-18(12-16)24-9-6-15(14-24)13-22-19(25)23-17-4-7-20(8-5-17)26-10-11-27-20/h1-3,12,15,17H,4-11,13-14H2,(H2,22,23,25). The summed E-state index contributed by atoms with van der Waals surface area (Å²) in [6.45, 7) is 4.12. The summed E-state index contributed by atoms with van der Waals surface area (Å²) in [6, 6.07) is 8.56. The summed E-state index contributed by atoms with van der Waals surface area (Å²) in [5.74, 6) is 0.124. The van der Waals surface area contributed by atoms with E-state index in [2.05, 4.69) is 49.7 Å². The summed E-state index contributed by atoms with van der Waals surface area (Å²) in [7, 11) is 0. The van der Waals surface area contributed by atoms with Gasteiger partial charge in [-0.3, -0.25) is 0 Å². The SMILES string of the molecule is O=C(NCC1CCN(c2cccc(Br)c2)C1)NC1CCC2(CC1)OCCO2. The molecule has 1 aliphatic carbocycles. The molecule has 1 unspecified atom stereocenters. The van der Waals surface area contributed by atoms with Gasteiger partial charge < -0.3 is 25.0 Å². The van der Waals surface area contributed by atoms with Gasteiger partial charge in [-0.05, 0) is 43.4 Å². The molecule has 3 fully saturated rings. The zero-order valence-electron chi connectivity index (χ0n) is 15.6. The molecule has 2 saturated heterocycles. The van der Waals surface area contributed by atoms with Gasteiger partial charge in [-0.25, -0.2) is 4.79 Å². The summed E-state index contributed by atoms with van der Waals surface area (Å²) < 4.78 is 12.6. The Labute approximate surface area is 169 Å². The molecule has 27 heavy (non-hydrogen) atoms. The Bertz CT molecular complexity index is 656. The number of hydrogen-bond acceptors (Lipinski definition) is 4. The molecule has 1 spiro atoms. The Morgan fingerprint density at radius 3 is 2.74 bits per heavy atom. The van der Waals surface area contributed by atoms with E-state index in [9.17, 15) is 4.79 Å². The van der Waals surface area contributed by atoms with Crippen molar-refractivity contribution in [2.75, 3.05) is 37.7 Å². The number of amides is 2. The second-order valence-electron chi connectivity index (χ2n) is 7.82. The van der Waals surface area contributed by atoms with Crippen LogP contribution in [0.2, 0.25) is 0 Å². The molecule has 2 heterocycles. The molecule has 3 aliphatic rings. The summed E-state index contributed by atoms with van der Waals surface area (Å²) >= 11 is 3.53. The van der Waals surface area contributed by atoms with E-state index >= 15 is 0 Å². The van der Waals surface area contributed by atoms with Crippen LogP contribution in [0.1, 0.15) is 32.1 Å². The third-order valence-electron chi connectivity index (χ3n) is 5.91. The van der Waals surface area contributed by atoms with Gasteiger partial charge >= 0.3 is 6.03 Å². The first-order chi connectivity index (χ1) is 13.1. The number of halogens is 1. The van der Waals surface area contributed by atoms with E-state index in [4.69, 9.17) is 9.47 Å². The maximum Gasteiger partial charge on any atom is 0.315 e. The topological polar surface area (TPSA) is 62.8 Å². The van der Waals surface area contributed by atoms with Crippen molar-refractivity contribution in [2.24, 2.45) is 5.92 Å². The minimum absolute atomic E-state index is 0.0508. The lowest BCUT2D eigenvalue weighted by Crippen LogP contribution is -2.48. The molecule has 2 N–H and O–H groups in total. The summed E-state index contributed by atoms with van der Waals surface area (Å²) in [6.07, 6.45) is 4.65. The first kappa shape index (κ1) is 19.0. The zero-order valence-corrected chi connectivity index (χ0v) is 17.2. The van der Waals surface area contributed by atoms with E-state index in [1.165, 1.54) is 5.69 Å². The lowest BCUT2D eigenvalue weighted by atomic mass is 9.90. The molecule has 148 valence electrons. The van der Waals surface area contributed by atoms with Crippen LogP contribution < -0.4 is 15.5 Å². The Kier molecular flexibility index (Phi) is 5.90. The van der Waals surface area contributed by atoms with E-state index in [1.54, 1.807) is 0 Å². The van der Waals surface area contributed by atoms with Crippen LogP contribution in [-0.2, 0) is 9.47 Å². The van der Waals surface area contributed by atoms with E-state index < -0.39 is 0 Å². The lowest BCUT2D eigenvalue weighted by molar-refractivity contribution is -0.179. The van der Waals surface area contributed by atoms with E-state index in [-0.39, 0.29) is 17.9 Å². The molecule has 1 aromatic rings. The van der Waals surface area contributed by atoms with Crippen molar-refractivity contribution in [3.8, 4) is 0 Å². The van der Waals surface area contributed by atoms with Crippen LogP contribution in [0.3, 0.4) is 0 Å². The molecule has 4 rings (SSSR count). The highest BCUT2D eigenvalue weighted by Crippen LogP contribution is 2.35. The van der Waals surface area contributed by atoms with Gasteiger partial charge in [-0.1, -0.05) is 22.0 Å². The van der Waals surface area contributed by atoms with Gasteiger partial charge in [0.1, 0.15) is 0 Å². The maximum absolute atomic E-state index is 12.3. The van der Waals surface area contributed by atoms with Crippen LogP contribution >= 0.6 is 15.9 Å². The third-order valence-corrected chi connectivity index (χ3v) is 6.40. The van der Waals surface area contributed by atoms with Crippen LogP contribution in [0.5, 0.6) is 0 Å². The second kappa shape index (κ2) is 8.37. The predicted octanol–water partition coefficient (Wildman–Crippen LogP) is 3.26. The predicted molar refractivity (Wildman–Crippen MR) is 108 cm³/mol. The molecule has 2 aliphatic heterocycles. The van der Waals surface area contributed by atoms with Crippen molar-refractivity contribution in [2.45, 2.75) is 43.9 Å². The fraction of sp³-hybridized carbons (Fsp3) is 0.650. The number of benzene rings is 1. The highest BCUT2D eigenvalue weighted by atomic mass is 79.9. The van der Waals surface area contributed by atoms with Crippen LogP contribution in [0.4, 0.5) is 10.5 Å². The van der Waals surface area contributed by atoms with Gasteiger partial charge in [-0.15, -0.1) is 0 Å². The zero-order chi connectivity index (χ0) is 18.7. The number of urea groups is 1. The molecule has 0 aromatic heterocycles. The van der Waals surface area contributed by atoms with Crippen molar-refractivity contribution in [3.63, 3.8) is 0 Å². The minimum Gasteiger partial charge on any atom is -0.371 e. The summed E-state index contributed by atoms with van der Waals surface area (Å²) in [5, 5.41) is 6.19. The van der Waals surface area contributed by atoms with Crippen LogP contribution in [0.25, 0.3) is 0 Å². The van der Waals surface area contributed by atoms with Gasteiger partial charge in [0, 0.05) is 48.7 Å². The molecule has 1 atom stereocenters. The van der Waals surface area contributed by atoms with Gasteiger partial charge in [0.05, 0.1) is 13.2 Å². The molecule has 7 heteroatoms.